The van der Waals surface area contributed by atoms with E-state index in [0.717, 1.165) is 17.8 Å². The minimum Gasteiger partial charge on any atom is -0.379 e. The molecular weight excluding hydrogens is 282 g/mol. The molecule has 1 fully saturated rings. The van der Waals surface area contributed by atoms with E-state index in [1.165, 1.54) is 17.5 Å². The van der Waals surface area contributed by atoms with Crippen LogP contribution >= 0.6 is 15.9 Å². The average Bonchev–Trinajstić information content (AvgIpc) is 3.07. The van der Waals surface area contributed by atoms with Crippen LogP contribution in [0.4, 0.5) is 5.69 Å². The molecule has 1 saturated carbocycles. The maximum atomic E-state index is 12.0. The smallest absolute Gasteiger partial charge is 0.283 e. The van der Waals surface area contributed by atoms with Gasteiger partial charge in [0.1, 0.15) is 4.47 Å². The van der Waals surface area contributed by atoms with Crippen molar-refractivity contribution in [3.63, 3.8) is 0 Å². The zero-order valence-electron chi connectivity index (χ0n) is 9.87. The highest BCUT2D eigenvalue weighted by Crippen LogP contribution is 2.30. The van der Waals surface area contributed by atoms with Gasteiger partial charge in [0.25, 0.3) is 5.56 Å². The quantitative estimate of drug-likeness (QED) is 0.849. The van der Waals surface area contributed by atoms with Gasteiger partial charge in [0, 0.05) is 13.1 Å². The van der Waals surface area contributed by atoms with Crippen molar-refractivity contribution in [3.8, 4) is 0 Å². The Labute approximate surface area is 109 Å². The van der Waals surface area contributed by atoms with E-state index < -0.39 is 0 Å². The predicted octanol–water partition coefficient (Wildman–Crippen LogP) is 2.40. The highest BCUT2D eigenvalue weighted by atomic mass is 79.9. The molecule has 17 heavy (non-hydrogen) atoms. The van der Waals surface area contributed by atoms with Gasteiger partial charge in [0.15, 0.2) is 0 Å². The molecule has 1 N–H and O–H groups in total. The van der Waals surface area contributed by atoms with Crippen molar-refractivity contribution in [2.75, 3.05) is 11.9 Å². The van der Waals surface area contributed by atoms with Crippen LogP contribution in [0.1, 0.15) is 19.8 Å². The normalized spacial score (nSPS) is 14.7. The molecule has 1 aliphatic carbocycles. The van der Waals surface area contributed by atoms with E-state index in [9.17, 15) is 4.79 Å². The predicted molar refractivity (Wildman–Crippen MR) is 72.2 cm³/mol. The first-order valence-electron chi connectivity index (χ1n) is 5.72. The fraction of sp³-hybridized carbons (Fsp3) is 0.500. The minimum absolute atomic E-state index is 0.0661. The third-order valence-corrected chi connectivity index (χ3v) is 3.46. The van der Waals surface area contributed by atoms with Crippen molar-refractivity contribution in [3.05, 3.63) is 33.2 Å². The second-order valence-corrected chi connectivity index (χ2v) is 5.41. The van der Waals surface area contributed by atoms with E-state index >= 15 is 0 Å². The summed E-state index contributed by atoms with van der Waals surface area (Å²) in [6.07, 6.45) is 4.11. The van der Waals surface area contributed by atoms with E-state index in [1.54, 1.807) is 6.20 Å². The lowest BCUT2D eigenvalue weighted by molar-refractivity contribution is 0.532. The molecule has 0 spiro atoms. The van der Waals surface area contributed by atoms with Gasteiger partial charge in [-0.05, 0) is 41.6 Å². The number of nitrogens with one attached hydrogen (secondary N) is 1. The summed E-state index contributed by atoms with van der Waals surface area (Å²) in [6, 6.07) is 0. The molecule has 0 aliphatic heterocycles. The van der Waals surface area contributed by atoms with Crippen molar-refractivity contribution in [2.45, 2.75) is 26.3 Å². The van der Waals surface area contributed by atoms with Crippen LogP contribution in [0, 0.1) is 5.92 Å². The van der Waals surface area contributed by atoms with Crippen molar-refractivity contribution >= 4 is 21.6 Å². The monoisotopic (exact) mass is 297 g/mol. The van der Waals surface area contributed by atoms with Crippen molar-refractivity contribution in [1.82, 2.24) is 9.78 Å². The van der Waals surface area contributed by atoms with E-state index in [2.05, 4.69) is 32.9 Å². The summed E-state index contributed by atoms with van der Waals surface area (Å²) in [4.78, 5) is 12.0. The number of anilines is 1. The lowest BCUT2D eigenvalue weighted by Gasteiger charge is -2.09. The van der Waals surface area contributed by atoms with Crippen molar-refractivity contribution in [2.24, 2.45) is 5.92 Å². The fourth-order valence-corrected chi connectivity index (χ4v) is 1.96. The second-order valence-electron chi connectivity index (χ2n) is 4.61. The maximum absolute atomic E-state index is 12.0. The molecule has 0 bridgehead atoms. The third-order valence-electron chi connectivity index (χ3n) is 2.69. The Morgan fingerprint density at radius 3 is 3.00 bits per heavy atom. The molecule has 92 valence electrons. The summed E-state index contributed by atoms with van der Waals surface area (Å²) in [5, 5.41) is 7.31. The van der Waals surface area contributed by atoms with Crippen LogP contribution in [-0.4, -0.2) is 16.3 Å². The average molecular weight is 298 g/mol. The van der Waals surface area contributed by atoms with Gasteiger partial charge in [-0.1, -0.05) is 12.2 Å². The van der Waals surface area contributed by atoms with Crippen LogP contribution in [0.25, 0.3) is 0 Å². The van der Waals surface area contributed by atoms with Crippen molar-refractivity contribution < 1.29 is 0 Å². The molecule has 0 atom stereocenters. The summed E-state index contributed by atoms with van der Waals surface area (Å²) >= 11 is 3.33. The van der Waals surface area contributed by atoms with E-state index in [-0.39, 0.29) is 5.56 Å². The molecule has 1 aromatic heterocycles. The molecule has 0 unspecified atom stereocenters. The molecular formula is C12H16BrN3O. The SMILES string of the molecule is C=C(C)CNc1cnn(CC2CC2)c(=O)c1Br. The maximum Gasteiger partial charge on any atom is 0.283 e. The van der Waals surface area contributed by atoms with Gasteiger partial charge in [-0.3, -0.25) is 4.79 Å². The summed E-state index contributed by atoms with van der Waals surface area (Å²) in [7, 11) is 0. The van der Waals surface area contributed by atoms with Crippen LogP contribution in [0.5, 0.6) is 0 Å². The Morgan fingerprint density at radius 1 is 1.71 bits per heavy atom. The van der Waals surface area contributed by atoms with Crippen LogP contribution in [0.2, 0.25) is 0 Å². The molecule has 2 rings (SSSR count). The van der Waals surface area contributed by atoms with Gasteiger partial charge in [-0.2, -0.15) is 5.10 Å². The third kappa shape index (κ3) is 3.19. The van der Waals surface area contributed by atoms with Crippen LogP contribution in [0.15, 0.2) is 27.6 Å². The molecule has 0 aromatic carbocycles. The van der Waals surface area contributed by atoms with Crippen LogP contribution < -0.4 is 10.9 Å². The van der Waals surface area contributed by atoms with Gasteiger partial charge < -0.3 is 5.32 Å². The minimum atomic E-state index is -0.0661. The fourth-order valence-electron chi connectivity index (χ4n) is 1.51. The first-order chi connectivity index (χ1) is 8.08. The lowest BCUT2D eigenvalue weighted by atomic mass is 10.3. The summed E-state index contributed by atoms with van der Waals surface area (Å²) in [6.45, 7) is 7.12. The highest BCUT2D eigenvalue weighted by Gasteiger charge is 2.23. The molecule has 4 nitrogen and oxygen atoms in total. The summed E-state index contributed by atoms with van der Waals surface area (Å²) in [5.41, 5.74) is 1.67. The Balaban J connectivity index is 2.16. The molecule has 5 heteroatoms. The number of halogens is 1. The Hall–Kier alpha value is -1.10. The Kier molecular flexibility index (Phi) is 3.66. The summed E-state index contributed by atoms with van der Waals surface area (Å²) < 4.78 is 2.09. The van der Waals surface area contributed by atoms with Crippen LogP contribution in [0.3, 0.4) is 0 Å². The van der Waals surface area contributed by atoms with Gasteiger partial charge in [0.2, 0.25) is 0 Å². The Bertz CT molecular complexity index is 491. The first kappa shape index (κ1) is 12.4. The highest BCUT2D eigenvalue weighted by molar-refractivity contribution is 9.10. The lowest BCUT2D eigenvalue weighted by Crippen LogP contribution is -2.25. The standard InChI is InChI=1S/C12H16BrN3O/c1-8(2)5-14-10-6-15-16(7-9-3-4-9)12(17)11(10)13/h6,9,14H,1,3-5,7H2,2H3. The van der Waals surface area contributed by atoms with Crippen LogP contribution in [-0.2, 0) is 6.54 Å². The molecule has 0 saturated heterocycles. The topological polar surface area (TPSA) is 46.9 Å². The number of hydrogen-bond acceptors (Lipinski definition) is 3. The number of aromatic nitrogens is 2. The molecule has 0 radical (unpaired) electrons. The van der Waals surface area contributed by atoms with Gasteiger partial charge in [-0.15, -0.1) is 0 Å². The number of nitrogens with zero attached hydrogens (tertiary/aromatic N) is 2. The summed E-state index contributed by atoms with van der Waals surface area (Å²) in [5.74, 6) is 0.640. The zero-order valence-corrected chi connectivity index (χ0v) is 11.5. The van der Waals surface area contributed by atoms with E-state index in [0.29, 0.717) is 16.9 Å². The second kappa shape index (κ2) is 5.04. The van der Waals surface area contributed by atoms with E-state index in [1.807, 2.05) is 6.92 Å². The van der Waals surface area contributed by atoms with Gasteiger partial charge in [0.05, 0.1) is 11.9 Å². The first-order valence-corrected chi connectivity index (χ1v) is 6.51. The van der Waals surface area contributed by atoms with E-state index in [4.69, 9.17) is 0 Å². The Morgan fingerprint density at radius 2 is 2.41 bits per heavy atom. The van der Waals surface area contributed by atoms with Gasteiger partial charge in [-0.25, -0.2) is 4.68 Å². The van der Waals surface area contributed by atoms with Crippen molar-refractivity contribution in [1.29, 1.82) is 0 Å². The number of rotatable bonds is 5. The number of hydrogen-bond donors (Lipinski definition) is 1. The molecule has 1 heterocycles. The zero-order chi connectivity index (χ0) is 12.4. The molecule has 0 amide bonds. The molecule has 1 aromatic rings. The largest absolute Gasteiger partial charge is 0.379 e. The molecule has 1 aliphatic rings. The van der Waals surface area contributed by atoms with Gasteiger partial charge >= 0.3 is 0 Å².